The summed E-state index contributed by atoms with van der Waals surface area (Å²) in [4.78, 5) is 49.0. The van der Waals surface area contributed by atoms with Crippen LogP contribution < -0.4 is 5.32 Å². The number of nitrogens with zero attached hydrogens (tertiary/aromatic N) is 2. The number of hydrogen-bond donors (Lipinski definition) is 3. The van der Waals surface area contributed by atoms with Gasteiger partial charge >= 0.3 is 17.9 Å². The van der Waals surface area contributed by atoms with Gasteiger partial charge in [0.05, 0.1) is 18.7 Å². The Hall–Kier alpha value is -2.50. The summed E-state index contributed by atoms with van der Waals surface area (Å²) < 4.78 is 5.25. The van der Waals surface area contributed by atoms with E-state index in [1.807, 2.05) is 6.92 Å². The van der Waals surface area contributed by atoms with Gasteiger partial charge in [-0.2, -0.15) is 0 Å². The lowest BCUT2D eigenvalue weighted by atomic mass is 9.95. The summed E-state index contributed by atoms with van der Waals surface area (Å²) in [6, 6.07) is 0. The molecule has 10 nitrogen and oxygen atoms in total. The molecule has 32 heavy (non-hydrogen) atoms. The second-order valence-electron chi connectivity index (χ2n) is 7.50. The van der Waals surface area contributed by atoms with E-state index in [2.05, 4.69) is 22.0 Å². The van der Waals surface area contributed by atoms with Crippen LogP contribution in [-0.4, -0.2) is 89.7 Å². The van der Waals surface area contributed by atoms with Gasteiger partial charge in [0, 0.05) is 31.1 Å². The molecule has 0 radical (unpaired) electrons. The Morgan fingerprint density at radius 3 is 2.12 bits per heavy atom. The van der Waals surface area contributed by atoms with Crippen molar-refractivity contribution in [1.82, 2.24) is 9.80 Å². The maximum absolute atomic E-state index is 12.6. The Balaban J connectivity index is 0.000000534. The molecule has 0 bridgehead atoms. The summed E-state index contributed by atoms with van der Waals surface area (Å²) in [5.74, 6) is -4.00. The van der Waals surface area contributed by atoms with Crippen molar-refractivity contribution in [2.24, 2.45) is 0 Å². The number of carboxylic acid groups (broad SMARTS) is 2. The van der Waals surface area contributed by atoms with Gasteiger partial charge in [0.15, 0.2) is 0 Å². The number of carbonyl (C=O) groups excluding carboxylic acids is 2. The third-order valence-electron chi connectivity index (χ3n) is 5.37. The van der Waals surface area contributed by atoms with E-state index in [0.717, 1.165) is 64.0 Å². The van der Waals surface area contributed by atoms with Gasteiger partial charge < -0.3 is 25.2 Å². The fraction of sp³-hybridized carbons (Fsp3) is 0.619. The fourth-order valence-corrected chi connectivity index (χ4v) is 5.00. The lowest BCUT2D eigenvalue weighted by molar-refractivity contribution is -0.159. The molecule has 1 aliphatic carbocycles. The smallest absolute Gasteiger partial charge is 0.414 e. The summed E-state index contributed by atoms with van der Waals surface area (Å²) in [6.45, 7) is 9.59. The van der Waals surface area contributed by atoms with Crippen molar-refractivity contribution in [3.8, 4) is 0 Å². The summed E-state index contributed by atoms with van der Waals surface area (Å²) >= 11 is 1.55. The van der Waals surface area contributed by atoms with Crippen LogP contribution in [0.5, 0.6) is 0 Å². The molecule has 0 unspecified atom stereocenters. The average molecular weight is 470 g/mol. The molecule has 2 heterocycles. The second-order valence-corrected chi connectivity index (χ2v) is 8.61. The summed E-state index contributed by atoms with van der Waals surface area (Å²) in [6.07, 6.45) is 4.12. The summed E-state index contributed by atoms with van der Waals surface area (Å²) in [5.41, 5.74) is 1.68. The minimum absolute atomic E-state index is 0.0425. The lowest BCUT2D eigenvalue weighted by Gasteiger charge is -2.33. The molecule has 3 N–H and O–H groups in total. The van der Waals surface area contributed by atoms with E-state index in [1.54, 1.807) is 11.3 Å². The highest BCUT2D eigenvalue weighted by Crippen LogP contribution is 2.38. The molecule has 0 spiro atoms. The zero-order valence-corrected chi connectivity index (χ0v) is 19.3. The molecule has 0 atom stereocenters. The molecule has 0 aromatic carbocycles. The maximum atomic E-state index is 12.6. The fourth-order valence-electron chi connectivity index (χ4n) is 3.71. The molecule has 0 saturated carbocycles. The first-order valence-electron chi connectivity index (χ1n) is 10.8. The molecule has 11 heteroatoms. The Bertz CT molecular complexity index is 820. The SMILES string of the molecule is CCOC(=O)c1c(NC(=O)CN2CCN(CC)CC2)sc2c1CCCC2.O=C(O)C(=O)O. The zero-order valence-electron chi connectivity index (χ0n) is 18.5. The number of nitrogens with one attached hydrogen (secondary N) is 1. The van der Waals surface area contributed by atoms with Crippen LogP contribution in [0.15, 0.2) is 0 Å². The van der Waals surface area contributed by atoms with E-state index >= 15 is 0 Å². The number of fused-ring (bicyclic) bond motifs is 1. The van der Waals surface area contributed by atoms with Gasteiger partial charge in [0.25, 0.3) is 0 Å². The number of likely N-dealkylation sites (N-methyl/N-ethyl adjacent to an activating group) is 1. The number of thiophene rings is 1. The first-order valence-corrected chi connectivity index (χ1v) is 11.6. The van der Waals surface area contributed by atoms with Crippen LogP contribution in [-0.2, 0) is 32.0 Å². The van der Waals surface area contributed by atoms with Crippen LogP contribution in [0, 0.1) is 0 Å². The number of amides is 1. The molecule has 1 fully saturated rings. The van der Waals surface area contributed by atoms with Crippen LogP contribution in [0.1, 0.15) is 47.5 Å². The number of hydrogen-bond acceptors (Lipinski definition) is 8. The van der Waals surface area contributed by atoms with Gasteiger partial charge in [-0.3, -0.25) is 9.69 Å². The van der Waals surface area contributed by atoms with Crippen LogP contribution in [0.3, 0.4) is 0 Å². The molecule has 1 amide bonds. The van der Waals surface area contributed by atoms with Crippen molar-refractivity contribution >= 4 is 40.2 Å². The molecule has 1 saturated heterocycles. The van der Waals surface area contributed by atoms with E-state index < -0.39 is 11.9 Å². The van der Waals surface area contributed by atoms with Crippen molar-refractivity contribution in [1.29, 1.82) is 0 Å². The van der Waals surface area contributed by atoms with Crippen LogP contribution >= 0.6 is 11.3 Å². The van der Waals surface area contributed by atoms with Crippen molar-refractivity contribution in [2.75, 3.05) is 51.2 Å². The summed E-state index contributed by atoms with van der Waals surface area (Å²) in [7, 11) is 0. The number of esters is 1. The van der Waals surface area contributed by atoms with Crippen LogP contribution in [0.2, 0.25) is 0 Å². The highest BCUT2D eigenvalue weighted by atomic mass is 32.1. The number of carbonyl (C=O) groups is 4. The zero-order chi connectivity index (χ0) is 23.7. The van der Waals surface area contributed by atoms with Gasteiger partial charge in [0.2, 0.25) is 5.91 Å². The highest BCUT2D eigenvalue weighted by molar-refractivity contribution is 7.17. The quantitative estimate of drug-likeness (QED) is 0.418. The highest BCUT2D eigenvalue weighted by Gasteiger charge is 2.27. The number of piperazine rings is 1. The van der Waals surface area contributed by atoms with E-state index in [1.165, 1.54) is 4.88 Å². The number of rotatable bonds is 6. The monoisotopic (exact) mass is 469 g/mol. The van der Waals surface area contributed by atoms with Crippen LogP contribution in [0.4, 0.5) is 5.00 Å². The van der Waals surface area contributed by atoms with Gasteiger partial charge in [0.1, 0.15) is 5.00 Å². The third kappa shape index (κ3) is 7.28. The Labute approximate surface area is 191 Å². The molecular weight excluding hydrogens is 438 g/mol. The minimum Gasteiger partial charge on any atom is -0.473 e. The molecule has 3 rings (SSSR count). The van der Waals surface area contributed by atoms with Crippen molar-refractivity contribution in [3.63, 3.8) is 0 Å². The predicted molar refractivity (Wildman–Crippen MR) is 119 cm³/mol. The van der Waals surface area contributed by atoms with Gasteiger partial charge in [-0.25, -0.2) is 14.4 Å². The standard InChI is InChI=1S/C19H29N3O3S.C2H2O4/c1-3-21-9-11-22(12-10-21)13-16(23)20-18-17(19(24)25-4-2)14-7-5-6-8-15(14)26-18;3-1(4)2(5)6/h3-13H2,1-2H3,(H,20,23);(H,3,4)(H,5,6). The lowest BCUT2D eigenvalue weighted by Crippen LogP contribution is -2.48. The number of ether oxygens (including phenoxy) is 1. The molecule has 2 aliphatic rings. The third-order valence-corrected chi connectivity index (χ3v) is 6.57. The van der Waals surface area contributed by atoms with Gasteiger partial charge in [-0.15, -0.1) is 11.3 Å². The van der Waals surface area contributed by atoms with Gasteiger partial charge in [-0.1, -0.05) is 6.92 Å². The van der Waals surface area contributed by atoms with E-state index in [4.69, 9.17) is 24.5 Å². The first-order chi connectivity index (χ1) is 15.3. The van der Waals surface area contributed by atoms with Gasteiger partial charge in [-0.05, 0) is 44.7 Å². The number of aryl methyl sites for hydroxylation is 1. The molecule has 178 valence electrons. The molecule has 1 aliphatic heterocycles. The first kappa shape index (κ1) is 25.8. The molecule has 1 aromatic rings. The largest absolute Gasteiger partial charge is 0.473 e. The molecule has 1 aromatic heterocycles. The van der Waals surface area contributed by atoms with E-state index in [9.17, 15) is 9.59 Å². The minimum atomic E-state index is -1.82. The Morgan fingerprint density at radius 2 is 1.56 bits per heavy atom. The van der Waals surface area contributed by atoms with E-state index in [-0.39, 0.29) is 11.9 Å². The average Bonchev–Trinajstić information content (AvgIpc) is 3.12. The van der Waals surface area contributed by atoms with Crippen LogP contribution in [0.25, 0.3) is 0 Å². The molecular formula is C21H31N3O7S. The summed E-state index contributed by atoms with van der Waals surface area (Å²) in [5, 5.41) is 18.5. The predicted octanol–water partition coefficient (Wildman–Crippen LogP) is 1.54. The Morgan fingerprint density at radius 1 is 0.969 bits per heavy atom. The van der Waals surface area contributed by atoms with Crippen molar-refractivity contribution < 1.29 is 34.1 Å². The number of carboxylic acids is 2. The van der Waals surface area contributed by atoms with Crippen molar-refractivity contribution in [3.05, 3.63) is 16.0 Å². The normalized spacial score (nSPS) is 16.3. The van der Waals surface area contributed by atoms with E-state index in [0.29, 0.717) is 23.7 Å². The Kier molecular flexibility index (Phi) is 10.1. The number of aliphatic carboxylic acids is 2. The van der Waals surface area contributed by atoms with Crippen molar-refractivity contribution in [2.45, 2.75) is 39.5 Å². The maximum Gasteiger partial charge on any atom is 0.414 e. The topological polar surface area (TPSA) is 136 Å². The number of anilines is 1. The second kappa shape index (κ2) is 12.5.